The smallest absolute Gasteiger partial charge is 0.228 e. The van der Waals surface area contributed by atoms with E-state index >= 15 is 0 Å². The van der Waals surface area contributed by atoms with Gasteiger partial charge in [0.25, 0.3) is 0 Å². The minimum absolute atomic E-state index is 0.0463. The molecule has 1 aliphatic rings. The Balaban J connectivity index is 1.31. The first-order valence-electron chi connectivity index (χ1n) is 16.9. The molecular formula is C37H48N4O4. The van der Waals surface area contributed by atoms with Gasteiger partial charge >= 0.3 is 0 Å². The van der Waals surface area contributed by atoms with Gasteiger partial charge in [-0.3, -0.25) is 4.79 Å². The molecule has 240 valence electrons. The van der Waals surface area contributed by atoms with Gasteiger partial charge in [0.15, 0.2) is 0 Å². The van der Waals surface area contributed by atoms with Crippen LogP contribution in [0.2, 0.25) is 0 Å². The number of amides is 1. The number of aromatic nitrogens is 2. The Morgan fingerprint density at radius 1 is 0.822 bits per heavy atom. The molecule has 45 heavy (non-hydrogen) atoms. The predicted molar refractivity (Wildman–Crippen MR) is 177 cm³/mol. The molecule has 1 aromatic heterocycles. The summed E-state index contributed by atoms with van der Waals surface area (Å²) in [5.41, 5.74) is 2.17. The highest BCUT2D eigenvalue weighted by Gasteiger charge is 2.34. The summed E-state index contributed by atoms with van der Waals surface area (Å²) >= 11 is 0. The van der Waals surface area contributed by atoms with Crippen LogP contribution in [0.25, 0.3) is 0 Å². The van der Waals surface area contributed by atoms with E-state index in [1.807, 2.05) is 0 Å². The molecule has 8 nitrogen and oxygen atoms in total. The van der Waals surface area contributed by atoms with Crippen LogP contribution in [0.3, 0.4) is 0 Å². The van der Waals surface area contributed by atoms with Gasteiger partial charge in [0.05, 0.1) is 18.1 Å². The largest absolute Gasteiger partial charge is 0.508 e. The number of aromatic hydroxyl groups is 2. The highest BCUT2D eigenvalue weighted by atomic mass is 16.5. The maximum Gasteiger partial charge on any atom is 0.228 e. The zero-order chi connectivity index (χ0) is 31.9. The molecule has 1 aliphatic heterocycles. The molecule has 0 saturated heterocycles. The molecule has 0 radical (unpaired) electrons. The number of nitriles is 1. The van der Waals surface area contributed by atoms with Crippen LogP contribution in [0.5, 0.6) is 23.1 Å². The average molecular weight is 613 g/mol. The lowest BCUT2D eigenvalue weighted by Gasteiger charge is -2.29. The van der Waals surface area contributed by atoms with Gasteiger partial charge in [-0.2, -0.15) is 10.2 Å². The van der Waals surface area contributed by atoms with Crippen molar-refractivity contribution in [1.82, 2.24) is 9.97 Å². The molecule has 4 rings (SSSR count). The van der Waals surface area contributed by atoms with Crippen molar-refractivity contribution in [2.75, 3.05) is 5.32 Å². The van der Waals surface area contributed by atoms with Crippen molar-refractivity contribution in [3.8, 4) is 29.2 Å². The first-order valence-corrected chi connectivity index (χ1v) is 16.9. The molecule has 0 saturated carbocycles. The highest BCUT2D eigenvalue weighted by Crippen LogP contribution is 2.50. The third kappa shape index (κ3) is 10.2. The number of phenols is 2. The van der Waals surface area contributed by atoms with Crippen molar-refractivity contribution in [3.05, 3.63) is 65.0 Å². The second-order valence-electron chi connectivity index (χ2n) is 12.1. The number of ether oxygens (including phenoxy) is 1. The molecule has 0 spiro atoms. The summed E-state index contributed by atoms with van der Waals surface area (Å²) in [4.78, 5) is 22.2. The number of carbonyl (C=O) groups is 1. The van der Waals surface area contributed by atoms with Crippen molar-refractivity contribution in [2.24, 2.45) is 0 Å². The van der Waals surface area contributed by atoms with Crippen LogP contribution in [-0.4, -0.2) is 26.1 Å². The Kier molecular flexibility index (Phi) is 13.5. The maximum absolute atomic E-state index is 13.1. The molecule has 8 heteroatoms. The van der Waals surface area contributed by atoms with E-state index in [1.54, 1.807) is 36.4 Å². The first-order chi connectivity index (χ1) is 22.0. The highest BCUT2D eigenvalue weighted by molar-refractivity contribution is 5.91. The van der Waals surface area contributed by atoms with Gasteiger partial charge in [0.1, 0.15) is 28.9 Å². The van der Waals surface area contributed by atoms with Crippen molar-refractivity contribution in [2.45, 2.75) is 122 Å². The zero-order valence-electron chi connectivity index (χ0n) is 26.7. The van der Waals surface area contributed by atoms with Gasteiger partial charge in [0, 0.05) is 24.0 Å². The monoisotopic (exact) mass is 612 g/mol. The summed E-state index contributed by atoms with van der Waals surface area (Å²) in [6, 6.07) is 13.8. The summed E-state index contributed by atoms with van der Waals surface area (Å²) < 4.78 is 6.11. The second kappa shape index (κ2) is 18.0. The predicted octanol–water partition coefficient (Wildman–Crippen LogP) is 9.44. The van der Waals surface area contributed by atoms with E-state index < -0.39 is 5.92 Å². The van der Waals surface area contributed by atoms with Crippen LogP contribution >= 0.6 is 0 Å². The normalized spacial score (nSPS) is 13.4. The third-order valence-corrected chi connectivity index (χ3v) is 8.49. The summed E-state index contributed by atoms with van der Waals surface area (Å²) in [5.74, 6) is 0.821. The lowest BCUT2D eigenvalue weighted by atomic mass is 9.83. The molecule has 2 heterocycles. The van der Waals surface area contributed by atoms with Gasteiger partial charge in [-0.15, -0.1) is 0 Å². The first kappa shape index (κ1) is 33.8. The Hall–Kier alpha value is -4.12. The molecular weight excluding hydrogens is 564 g/mol. The van der Waals surface area contributed by atoms with E-state index in [9.17, 15) is 20.3 Å². The number of carbonyl (C=O) groups excluding carboxylic acids is 1. The van der Waals surface area contributed by atoms with Crippen LogP contribution in [0, 0.1) is 11.3 Å². The van der Waals surface area contributed by atoms with E-state index in [4.69, 9.17) is 4.74 Å². The van der Waals surface area contributed by atoms with Crippen LogP contribution in [-0.2, 0) is 11.2 Å². The number of fused-ring (bicyclic) bond motifs is 2. The number of anilines is 1. The summed E-state index contributed by atoms with van der Waals surface area (Å²) in [6.07, 6.45) is 19.3. The number of benzene rings is 2. The van der Waals surface area contributed by atoms with E-state index in [0.29, 0.717) is 23.6 Å². The minimum atomic E-state index is -0.429. The lowest BCUT2D eigenvalue weighted by Crippen LogP contribution is -2.21. The van der Waals surface area contributed by atoms with Crippen LogP contribution in [0.15, 0.2) is 42.5 Å². The fraction of sp³-hybridized carbons (Fsp3) is 0.514. The number of nitrogens with zero attached hydrogens (tertiary/aromatic N) is 3. The second-order valence-corrected chi connectivity index (χ2v) is 12.1. The average Bonchev–Trinajstić information content (AvgIpc) is 3.02. The van der Waals surface area contributed by atoms with Crippen LogP contribution in [0.4, 0.5) is 5.82 Å². The number of unbranched alkanes of at least 4 members (excludes halogenated alkanes) is 14. The van der Waals surface area contributed by atoms with Gasteiger partial charge in [-0.05, 0) is 30.2 Å². The van der Waals surface area contributed by atoms with Gasteiger partial charge < -0.3 is 20.3 Å². The summed E-state index contributed by atoms with van der Waals surface area (Å²) in [5, 5.41) is 32.4. The van der Waals surface area contributed by atoms with E-state index in [0.717, 1.165) is 30.4 Å². The third-order valence-electron chi connectivity index (χ3n) is 8.49. The summed E-state index contributed by atoms with van der Waals surface area (Å²) in [7, 11) is 0. The topological polar surface area (TPSA) is 128 Å². The van der Waals surface area contributed by atoms with Gasteiger partial charge in [-0.25, -0.2) is 4.98 Å². The van der Waals surface area contributed by atoms with Crippen molar-refractivity contribution in [1.29, 1.82) is 5.26 Å². The van der Waals surface area contributed by atoms with Gasteiger partial charge in [-0.1, -0.05) is 115 Å². The quantitative estimate of drug-likeness (QED) is 0.0900. The fourth-order valence-corrected chi connectivity index (χ4v) is 6.05. The maximum atomic E-state index is 13.1. The summed E-state index contributed by atoms with van der Waals surface area (Å²) in [6.45, 7) is 2.26. The van der Waals surface area contributed by atoms with Crippen LogP contribution < -0.4 is 10.1 Å². The van der Waals surface area contributed by atoms with Gasteiger partial charge in [0.2, 0.25) is 11.8 Å². The fourth-order valence-electron chi connectivity index (χ4n) is 6.05. The number of hydrogen-bond donors (Lipinski definition) is 3. The van der Waals surface area contributed by atoms with Crippen LogP contribution in [0.1, 0.15) is 138 Å². The minimum Gasteiger partial charge on any atom is -0.508 e. The van der Waals surface area contributed by atoms with Crippen molar-refractivity contribution >= 4 is 11.7 Å². The van der Waals surface area contributed by atoms with Crippen molar-refractivity contribution in [3.63, 3.8) is 0 Å². The molecule has 0 fully saturated rings. The Labute approximate surface area is 267 Å². The Morgan fingerprint density at radius 3 is 2.00 bits per heavy atom. The SMILES string of the molecule is CCCCCCCCCCCCCCCCCC(=O)Nc1nc(CC#N)nc2c1C(c1ccc(O)cc1)c1ccc(O)cc1O2. The molecule has 1 amide bonds. The Morgan fingerprint density at radius 2 is 1.40 bits per heavy atom. The number of rotatable bonds is 19. The number of nitrogens with one attached hydrogen (secondary N) is 1. The van der Waals surface area contributed by atoms with E-state index in [2.05, 4.69) is 28.3 Å². The van der Waals surface area contributed by atoms with Crippen molar-refractivity contribution < 1.29 is 19.7 Å². The molecule has 1 atom stereocenters. The lowest BCUT2D eigenvalue weighted by molar-refractivity contribution is -0.116. The van der Waals surface area contributed by atoms with E-state index in [-0.39, 0.29) is 35.5 Å². The molecule has 1 unspecified atom stereocenters. The van der Waals surface area contributed by atoms with E-state index in [1.165, 1.54) is 83.1 Å². The molecule has 0 aliphatic carbocycles. The molecule has 2 aromatic carbocycles. The number of hydrogen-bond acceptors (Lipinski definition) is 7. The number of phenolic OH excluding ortho intramolecular Hbond substituents is 2. The molecule has 0 bridgehead atoms. The molecule has 3 N–H and O–H groups in total. The molecule has 3 aromatic rings. The Bertz CT molecular complexity index is 1420. The zero-order valence-corrected chi connectivity index (χ0v) is 26.7. The standard InChI is InChI=1S/C37H48N4O4/c1-2-3-4-5-6-7-8-9-10-11-12-13-14-15-16-17-33(44)41-36-35-34(27-18-20-28(42)21-19-27)30-23-22-29(43)26-31(30)45-37(35)40-32(39-36)24-25-38/h18-23,26,34,42-43H,2-17,24H2,1H3,(H,39,40,41,44).